The highest BCUT2D eigenvalue weighted by Gasteiger charge is 2.40. The van der Waals surface area contributed by atoms with Gasteiger partial charge < -0.3 is 19.7 Å². The Bertz CT molecular complexity index is 865. The van der Waals surface area contributed by atoms with E-state index in [0.717, 1.165) is 64.2 Å². The number of aliphatic hydroxyl groups excluding tert-OH is 1. The van der Waals surface area contributed by atoms with E-state index >= 15 is 0 Å². The molecule has 1 saturated heterocycles. The maximum Gasteiger partial charge on any atom is 0.273 e. The quantitative estimate of drug-likeness (QED) is 0.643. The van der Waals surface area contributed by atoms with Gasteiger partial charge in [-0.3, -0.25) is 9.69 Å². The van der Waals surface area contributed by atoms with Crippen LogP contribution in [0.3, 0.4) is 0 Å². The van der Waals surface area contributed by atoms with Crippen LogP contribution in [0.15, 0.2) is 40.9 Å². The topological polar surface area (TPSA) is 87.8 Å². The molecular formula is C25H35N3O4. The van der Waals surface area contributed by atoms with Crippen molar-refractivity contribution >= 4 is 5.91 Å². The SMILES string of the molecule is CCCc1cc(C(=O)NC[C@]2(c3ccccc3)CC[C@H](O)[C@@H](N3CCOCC3)CC2)no1. The van der Waals surface area contributed by atoms with Gasteiger partial charge in [-0.05, 0) is 37.7 Å². The third kappa shape index (κ3) is 5.22. The largest absolute Gasteiger partial charge is 0.391 e. The highest BCUT2D eigenvalue weighted by Crippen LogP contribution is 2.39. The molecule has 1 aromatic carbocycles. The van der Waals surface area contributed by atoms with Crippen LogP contribution in [0, 0.1) is 0 Å². The van der Waals surface area contributed by atoms with Gasteiger partial charge in [0, 0.05) is 43.6 Å². The average Bonchev–Trinajstić information content (AvgIpc) is 3.23. The Morgan fingerprint density at radius 1 is 1.22 bits per heavy atom. The number of morpholine rings is 1. The zero-order valence-corrected chi connectivity index (χ0v) is 19.0. The molecule has 1 saturated carbocycles. The van der Waals surface area contributed by atoms with Crippen LogP contribution in [0.25, 0.3) is 0 Å². The summed E-state index contributed by atoms with van der Waals surface area (Å²) in [4.78, 5) is 15.2. The van der Waals surface area contributed by atoms with E-state index in [2.05, 4.69) is 34.4 Å². The number of nitrogens with one attached hydrogen (secondary N) is 1. The monoisotopic (exact) mass is 441 g/mol. The number of hydrogen-bond donors (Lipinski definition) is 2. The van der Waals surface area contributed by atoms with E-state index in [4.69, 9.17) is 9.26 Å². The van der Waals surface area contributed by atoms with Gasteiger partial charge in [0.1, 0.15) is 5.76 Å². The summed E-state index contributed by atoms with van der Waals surface area (Å²) in [7, 11) is 0. The number of ether oxygens (including phenoxy) is 1. The van der Waals surface area contributed by atoms with Gasteiger partial charge in [-0.25, -0.2) is 0 Å². The van der Waals surface area contributed by atoms with E-state index in [1.807, 2.05) is 18.2 Å². The smallest absolute Gasteiger partial charge is 0.273 e. The van der Waals surface area contributed by atoms with Gasteiger partial charge in [0.05, 0.1) is 19.3 Å². The number of rotatable bonds is 7. The summed E-state index contributed by atoms with van der Waals surface area (Å²) in [6.45, 7) is 5.75. The molecule has 7 nitrogen and oxygen atoms in total. The number of benzene rings is 1. The number of aliphatic hydroxyl groups is 1. The van der Waals surface area contributed by atoms with Crippen molar-refractivity contribution in [2.45, 2.75) is 63.0 Å². The fourth-order valence-corrected chi connectivity index (χ4v) is 5.18. The maximum absolute atomic E-state index is 12.8. The van der Waals surface area contributed by atoms with Gasteiger partial charge in [0.2, 0.25) is 0 Å². The minimum Gasteiger partial charge on any atom is -0.391 e. The number of carbonyl (C=O) groups excluding carboxylic acids is 1. The molecule has 1 amide bonds. The summed E-state index contributed by atoms with van der Waals surface area (Å²) in [6, 6.07) is 12.3. The average molecular weight is 442 g/mol. The summed E-state index contributed by atoms with van der Waals surface area (Å²) >= 11 is 0. The normalized spacial score (nSPS) is 27.1. The van der Waals surface area contributed by atoms with Crippen molar-refractivity contribution in [1.82, 2.24) is 15.4 Å². The van der Waals surface area contributed by atoms with Crippen molar-refractivity contribution in [2.24, 2.45) is 0 Å². The number of aromatic nitrogens is 1. The van der Waals surface area contributed by atoms with Gasteiger partial charge in [-0.15, -0.1) is 0 Å². The molecule has 1 aliphatic heterocycles. The zero-order valence-electron chi connectivity index (χ0n) is 19.0. The predicted molar refractivity (Wildman–Crippen MR) is 122 cm³/mol. The lowest BCUT2D eigenvalue weighted by molar-refractivity contribution is -0.0236. The van der Waals surface area contributed by atoms with Crippen molar-refractivity contribution in [3.63, 3.8) is 0 Å². The molecule has 2 aromatic rings. The molecule has 7 heteroatoms. The Kier molecular flexibility index (Phi) is 7.60. The van der Waals surface area contributed by atoms with Crippen LogP contribution in [-0.2, 0) is 16.6 Å². The molecule has 0 bridgehead atoms. The lowest BCUT2D eigenvalue weighted by Crippen LogP contribution is -2.48. The summed E-state index contributed by atoms with van der Waals surface area (Å²) in [5.74, 6) is 0.530. The van der Waals surface area contributed by atoms with Gasteiger partial charge in [0.25, 0.3) is 5.91 Å². The lowest BCUT2D eigenvalue weighted by Gasteiger charge is -2.37. The van der Waals surface area contributed by atoms with Crippen LogP contribution >= 0.6 is 0 Å². The molecule has 2 fully saturated rings. The number of amides is 1. The predicted octanol–water partition coefficient (Wildman–Crippen LogP) is 2.93. The molecule has 174 valence electrons. The minimum atomic E-state index is -0.374. The molecule has 3 atom stereocenters. The summed E-state index contributed by atoms with van der Waals surface area (Å²) in [6.07, 6.45) is 4.65. The van der Waals surface area contributed by atoms with E-state index in [1.54, 1.807) is 6.07 Å². The first-order chi connectivity index (χ1) is 15.6. The molecule has 0 spiro atoms. The summed E-state index contributed by atoms with van der Waals surface area (Å²) in [5.41, 5.74) is 1.31. The highest BCUT2D eigenvalue weighted by molar-refractivity contribution is 5.92. The van der Waals surface area contributed by atoms with Crippen LogP contribution in [-0.4, -0.2) is 66.1 Å². The fraction of sp³-hybridized carbons (Fsp3) is 0.600. The third-order valence-corrected chi connectivity index (χ3v) is 7.06. The van der Waals surface area contributed by atoms with Crippen molar-refractivity contribution < 1.29 is 19.2 Å². The van der Waals surface area contributed by atoms with E-state index in [-0.39, 0.29) is 23.5 Å². The Labute approximate surface area is 190 Å². The molecule has 4 rings (SSSR count). The number of nitrogens with zero attached hydrogens (tertiary/aromatic N) is 2. The molecule has 32 heavy (non-hydrogen) atoms. The number of carbonyl (C=O) groups is 1. The van der Waals surface area contributed by atoms with Crippen LogP contribution in [0.4, 0.5) is 0 Å². The maximum atomic E-state index is 12.8. The first-order valence-corrected chi connectivity index (χ1v) is 11.9. The summed E-state index contributed by atoms with van der Waals surface area (Å²) < 4.78 is 10.8. The number of hydrogen-bond acceptors (Lipinski definition) is 6. The van der Waals surface area contributed by atoms with Crippen molar-refractivity contribution in [1.29, 1.82) is 0 Å². The third-order valence-electron chi connectivity index (χ3n) is 7.06. The van der Waals surface area contributed by atoms with Gasteiger partial charge in [0.15, 0.2) is 5.69 Å². The standard InChI is InChI=1S/C25H35N3O4/c1-2-6-20-17-21(27-32-20)24(30)26-18-25(19-7-4-3-5-8-19)11-9-22(23(29)10-12-25)28-13-15-31-16-14-28/h3-5,7-8,17,22-23,29H,2,6,9-16,18H2,1H3,(H,26,30)/t22-,23-,25+/m0/s1. The molecule has 0 unspecified atom stereocenters. The first-order valence-electron chi connectivity index (χ1n) is 11.9. The molecule has 2 aliphatic rings. The Morgan fingerprint density at radius 3 is 2.72 bits per heavy atom. The van der Waals surface area contributed by atoms with Gasteiger partial charge in [-0.1, -0.05) is 42.4 Å². The van der Waals surface area contributed by atoms with E-state index < -0.39 is 0 Å². The van der Waals surface area contributed by atoms with E-state index in [0.29, 0.717) is 18.7 Å². The second-order valence-corrected chi connectivity index (χ2v) is 9.12. The van der Waals surface area contributed by atoms with E-state index in [1.165, 1.54) is 5.56 Å². The highest BCUT2D eigenvalue weighted by atomic mass is 16.5. The molecule has 2 N–H and O–H groups in total. The van der Waals surface area contributed by atoms with Crippen molar-refractivity contribution in [2.75, 3.05) is 32.8 Å². The fourth-order valence-electron chi connectivity index (χ4n) is 5.18. The van der Waals surface area contributed by atoms with Crippen LogP contribution in [0.2, 0.25) is 0 Å². The lowest BCUT2D eigenvalue weighted by atomic mass is 9.74. The van der Waals surface area contributed by atoms with Crippen LogP contribution in [0.5, 0.6) is 0 Å². The molecule has 1 aromatic heterocycles. The van der Waals surface area contributed by atoms with E-state index in [9.17, 15) is 9.90 Å². The minimum absolute atomic E-state index is 0.132. The Morgan fingerprint density at radius 2 is 1.97 bits per heavy atom. The van der Waals surface area contributed by atoms with Crippen LogP contribution < -0.4 is 5.32 Å². The van der Waals surface area contributed by atoms with Crippen molar-refractivity contribution in [3.8, 4) is 0 Å². The Balaban J connectivity index is 1.50. The van der Waals surface area contributed by atoms with Gasteiger partial charge in [-0.2, -0.15) is 0 Å². The Hall–Kier alpha value is -2.22. The molecular weight excluding hydrogens is 406 g/mol. The molecule has 2 heterocycles. The second kappa shape index (κ2) is 10.6. The summed E-state index contributed by atoms with van der Waals surface area (Å²) in [5, 5.41) is 18.1. The number of aryl methyl sites for hydroxylation is 1. The first kappa shape index (κ1) is 23.0. The van der Waals surface area contributed by atoms with Crippen LogP contribution in [0.1, 0.15) is 60.8 Å². The molecule has 0 radical (unpaired) electrons. The zero-order chi connectivity index (χ0) is 22.4. The second-order valence-electron chi connectivity index (χ2n) is 9.12. The van der Waals surface area contributed by atoms with Crippen molar-refractivity contribution in [3.05, 3.63) is 53.4 Å². The molecule has 1 aliphatic carbocycles. The van der Waals surface area contributed by atoms with Gasteiger partial charge >= 0.3 is 0 Å².